The first-order valence-electron chi connectivity index (χ1n) is 6.17. The minimum atomic E-state index is 0.176. The standard InChI is InChI=1S/C12H18Br2N2OS/c13-8-4-11(18-12(8)14)10(5-15)16-9-3-1-2-7(9)6-17/h4,7,9-10,16-17H,1-3,5-6,15H2. The Labute approximate surface area is 128 Å². The number of hydrogen-bond donors (Lipinski definition) is 3. The quantitative estimate of drug-likeness (QED) is 0.715. The second-order valence-electron chi connectivity index (χ2n) is 4.71. The fourth-order valence-corrected chi connectivity index (χ4v) is 4.70. The van der Waals surface area contributed by atoms with Crippen molar-refractivity contribution in [3.8, 4) is 0 Å². The molecule has 0 aromatic carbocycles. The summed E-state index contributed by atoms with van der Waals surface area (Å²) in [6.07, 6.45) is 3.44. The van der Waals surface area contributed by atoms with Gasteiger partial charge in [0.25, 0.3) is 0 Å². The van der Waals surface area contributed by atoms with Gasteiger partial charge in [-0.15, -0.1) is 11.3 Å². The van der Waals surface area contributed by atoms with Crippen molar-refractivity contribution in [2.45, 2.75) is 31.3 Å². The van der Waals surface area contributed by atoms with E-state index in [2.05, 4.69) is 43.2 Å². The van der Waals surface area contributed by atoms with E-state index in [-0.39, 0.29) is 12.6 Å². The van der Waals surface area contributed by atoms with Crippen LogP contribution in [0.25, 0.3) is 0 Å². The van der Waals surface area contributed by atoms with Crippen molar-refractivity contribution in [1.29, 1.82) is 0 Å². The highest BCUT2D eigenvalue weighted by Crippen LogP contribution is 2.36. The van der Waals surface area contributed by atoms with Gasteiger partial charge in [0.05, 0.1) is 9.83 Å². The van der Waals surface area contributed by atoms with E-state index in [4.69, 9.17) is 5.73 Å². The molecule has 102 valence electrons. The molecule has 3 nitrogen and oxygen atoms in total. The van der Waals surface area contributed by atoms with Crippen LogP contribution in [0.1, 0.15) is 30.2 Å². The van der Waals surface area contributed by atoms with E-state index in [0.717, 1.165) is 21.1 Å². The molecule has 1 aromatic rings. The van der Waals surface area contributed by atoms with Gasteiger partial charge in [0.2, 0.25) is 0 Å². The van der Waals surface area contributed by atoms with Crippen molar-refractivity contribution < 1.29 is 5.11 Å². The van der Waals surface area contributed by atoms with Crippen LogP contribution in [0.15, 0.2) is 14.3 Å². The maximum absolute atomic E-state index is 9.36. The molecule has 18 heavy (non-hydrogen) atoms. The summed E-state index contributed by atoms with van der Waals surface area (Å²) in [5.74, 6) is 0.380. The molecule has 3 unspecified atom stereocenters. The van der Waals surface area contributed by atoms with Gasteiger partial charge in [0.15, 0.2) is 0 Å². The van der Waals surface area contributed by atoms with E-state index in [0.29, 0.717) is 18.5 Å². The topological polar surface area (TPSA) is 58.3 Å². The van der Waals surface area contributed by atoms with Crippen LogP contribution >= 0.6 is 43.2 Å². The van der Waals surface area contributed by atoms with Gasteiger partial charge < -0.3 is 16.2 Å². The highest BCUT2D eigenvalue weighted by atomic mass is 79.9. The zero-order chi connectivity index (χ0) is 13.1. The molecule has 1 saturated carbocycles. The lowest BCUT2D eigenvalue weighted by atomic mass is 10.0. The van der Waals surface area contributed by atoms with Crippen LogP contribution < -0.4 is 11.1 Å². The third-order valence-electron chi connectivity index (χ3n) is 3.55. The largest absolute Gasteiger partial charge is 0.396 e. The summed E-state index contributed by atoms with van der Waals surface area (Å²) < 4.78 is 2.18. The lowest BCUT2D eigenvalue weighted by Gasteiger charge is -2.24. The van der Waals surface area contributed by atoms with E-state index >= 15 is 0 Å². The summed E-state index contributed by atoms with van der Waals surface area (Å²) in [6, 6.07) is 2.68. The van der Waals surface area contributed by atoms with Crippen molar-refractivity contribution in [3.63, 3.8) is 0 Å². The first-order chi connectivity index (χ1) is 8.65. The Bertz CT molecular complexity index is 380. The van der Waals surface area contributed by atoms with Crippen LogP contribution in [0.4, 0.5) is 0 Å². The highest BCUT2D eigenvalue weighted by molar-refractivity contribution is 9.13. The molecule has 1 heterocycles. The third-order valence-corrected chi connectivity index (χ3v) is 6.92. The Morgan fingerprint density at radius 1 is 1.50 bits per heavy atom. The van der Waals surface area contributed by atoms with Crippen LogP contribution in [-0.4, -0.2) is 24.3 Å². The minimum absolute atomic E-state index is 0.176. The van der Waals surface area contributed by atoms with E-state index < -0.39 is 0 Å². The fourth-order valence-electron chi connectivity index (χ4n) is 2.53. The number of nitrogens with two attached hydrogens (primary N) is 1. The molecule has 6 heteroatoms. The average molecular weight is 398 g/mol. The van der Waals surface area contributed by atoms with Gasteiger partial charge in [0, 0.05) is 28.5 Å². The average Bonchev–Trinajstić information content (AvgIpc) is 2.93. The lowest BCUT2D eigenvalue weighted by molar-refractivity contribution is 0.200. The molecule has 0 amide bonds. The third kappa shape index (κ3) is 3.35. The number of rotatable bonds is 5. The molecule has 1 aliphatic carbocycles. The maximum atomic E-state index is 9.36. The van der Waals surface area contributed by atoms with Crippen LogP contribution in [-0.2, 0) is 0 Å². The Morgan fingerprint density at radius 2 is 2.28 bits per heavy atom. The Balaban J connectivity index is 2.05. The molecule has 3 atom stereocenters. The second-order valence-corrected chi connectivity index (χ2v) is 7.96. The number of thiophene rings is 1. The van der Waals surface area contributed by atoms with Crippen molar-refractivity contribution in [2.75, 3.05) is 13.2 Å². The van der Waals surface area contributed by atoms with Crippen molar-refractivity contribution in [1.82, 2.24) is 5.32 Å². The van der Waals surface area contributed by atoms with Gasteiger partial charge in [-0.05, 0) is 56.7 Å². The Kier molecular flexibility index (Phi) is 5.65. The zero-order valence-electron chi connectivity index (χ0n) is 10.0. The number of nitrogens with one attached hydrogen (secondary N) is 1. The summed E-state index contributed by atoms with van der Waals surface area (Å²) in [4.78, 5) is 1.24. The number of aliphatic hydroxyl groups excluding tert-OH is 1. The van der Waals surface area contributed by atoms with Gasteiger partial charge in [-0.3, -0.25) is 0 Å². The number of hydrogen-bond acceptors (Lipinski definition) is 4. The van der Waals surface area contributed by atoms with Crippen LogP contribution in [0.5, 0.6) is 0 Å². The predicted molar refractivity (Wildman–Crippen MR) is 82.9 cm³/mol. The normalized spacial score (nSPS) is 25.6. The van der Waals surface area contributed by atoms with Gasteiger partial charge in [0.1, 0.15) is 0 Å². The van der Waals surface area contributed by atoms with Gasteiger partial charge >= 0.3 is 0 Å². The Morgan fingerprint density at radius 3 is 2.83 bits per heavy atom. The van der Waals surface area contributed by atoms with E-state index in [1.807, 2.05) is 0 Å². The van der Waals surface area contributed by atoms with Gasteiger partial charge in [-0.1, -0.05) is 6.42 Å². The van der Waals surface area contributed by atoms with Gasteiger partial charge in [-0.25, -0.2) is 0 Å². The highest BCUT2D eigenvalue weighted by Gasteiger charge is 2.29. The monoisotopic (exact) mass is 396 g/mol. The molecule has 0 spiro atoms. The molecule has 0 saturated heterocycles. The first kappa shape index (κ1) is 14.9. The summed E-state index contributed by atoms with van der Waals surface area (Å²) in [6.45, 7) is 0.848. The zero-order valence-corrected chi connectivity index (χ0v) is 14.0. The van der Waals surface area contributed by atoms with E-state index in [1.165, 1.54) is 11.3 Å². The summed E-state index contributed by atoms with van der Waals surface area (Å²) in [7, 11) is 0. The molecule has 2 rings (SSSR count). The van der Waals surface area contributed by atoms with Crippen molar-refractivity contribution in [3.05, 3.63) is 19.2 Å². The SMILES string of the molecule is NCC(NC1CCCC1CO)c1cc(Br)c(Br)s1. The smallest absolute Gasteiger partial charge is 0.0843 e. The summed E-state index contributed by atoms with van der Waals surface area (Å²) >= 11 is 8.73. The van der Waals surface area contributed by atoms with Gasteiger partial charge in [-0.2, -0.15) is 0 Å². The molecule has 0 aliphatic heterocycles. The molecule has 1 aromatic heterocycles. The molecular formula is C12H18Br2N2OS. The van der Waals surface area contributed by atoms with Crippen molar-refractivity contribution >= 4 is 43.2 Å². The molecule has 0 radical (unpaired) electrons. The first-order valence-corrected chi connectivity index (χ1v) is 8.57. The van der Waals surface area contributed by atoms with E-state index in [1.54, 1.807) is 11.3 Å². The summed E-state index contributed by atoms with van der Waals surface area (Å²) in [5, 5.41) is 13.0. The molecule has 4 N–H and O–H groups in total. The number of halogens is 2. The Hall–Kier alpha value is 0.540. The van der Waals surface area contributed by atoms with Crippen LogP contribution in [0, 0.1) is 5.92 Å². The summed E-state index contributed by atoms with van der Waals surface area (Å²) in [5.41, 5.74) is 5.88. The van der Waals surface area contributed by atoms with Crippen LogP contribution in [0.3, 0.4) is 0 Å². The van der Waals surface area contributed by atoms with Crippen molar-refractivity contribution in [2.24, 2.45) is 11.7 Å². The molecule has 0 bridgehead atoms. The molecular weight excluding hydrogens is 380 g/mol. The second kappa shape index (κ2) is 6.81. The van der Waals surface area contributed by atoms with Crippen LogP contribution in [0.2, 0.25) is 0 Å². The molecule has 1 fully saturated rings. The molecule has 1 aliphatic rings. The minimum Gasteiger partial charge on any atom is -0.396 e. The number of aliphatic hydroxyl groups is 1. The fraction of sp³-hybridized carbons (Fsp3) is 0.667. The predicted octanol–water partition coefficient (Wildman–Crippen LogP) is 3.02. The lowest BCUT2D eigenvalue weighted by Crippen LogP contribution is -2.39. The van der Waals surface area contributed by atoms with E-state index in [9.17, 15) is 5.11 Å². The maximum Gasteiger partial charge on any atom is 0.0843 e.